The molecular formula is C18H17N3O. The maximum atomic E-state index is 10.7. The topological polar surface area (TPSA) is 46.9 Å². The van der Waals surface area contributed by atoms with Gasteiger partial charge in [0.25, 0.3) is 0 Å². The highest BCUT2D eigenvalue weighted by molar-refractivity contribution is 5.73. The summed E-state index contributed by atoms with van der Waals surface area (Å²) in [5, 5.41) is 7.10. The number of benzene rings is 2. The van der Waals surface area contributed by atoms with Gasteiger partial charge in [-0.3, -0.25) is 4.79 Å². The minimum Gasteiger partial charge on any atom is -0.312 e. The van der Waals surface area contributed by atoms with Crippen LogP contribution in [0, 0.1) is 0 Å². The van der Waals surface area contributed by atoms with Crippen molar-refractivity contribution < 1.29 is 4.79 Å². The van der Waals surface area contributed by atoms with Gasteiger partial charge in [-0.05, 0) is 30.2 Å². The number of nitrogens with zero attached hydrogens (tertiary/aromatic N) is 2. The molecule has 0 atom stereocenters. The standard InChI is InChI=1S/C18H17N3O/c1-2-14-7-6-8-15(11-14)17-12-18(19-13-22)20-21(17)16-9-4-3-5-10-16/h3-13H,2H2,1H3,(H,19,20,22). The Bertz CT molecular complexity index is 778. The normalized spacial score (nSPS) is 10.4. The number of amides is 1. The number of carbonyl (C=O) groups excluding carboxylic acids is 1. The van der Waals surface area contributed by atoms with Crippen LogP contribution in [0.2, 0.25) is 0 Å². The summed E-state index contributed by atoms with van der Waals surface area (Å²) in [4.78, 5) is 10.7. The Kier molecular flexibility index (Phi) is 4.01. The van der Waals surface area contributed by atoms with Gasteiger partial charge in [-0.15, -0.1) is 5.10 Å². The maximum absolute atomic E-state index is 10.7. The van der Waals surface area contributed by atoms with E-state index in [1.54, 1.807) is 0 Å². The van der Waals surface area contributed by atoms with Gasteiger partial charge in [0, 0.05) is 11.6 Å². The van der Waals surface area contributed by atoms with E-state index < -0.39 is 0 Å². The highest BCUT2D eigenvalue weighted by Crippen LogP contribution is 2.26. The number of nitrogens with one attached hydrogen (secondary N) is 1. The van der Waals surface area contributed by atoms with Crippen LogP contribution in [0.3, 0.4) is 0 Å². The van der Waals surface area contributed by atoms with Crippen molar-refractivity contribution in [2.45, 2.75) is 13.3 Å². The quantitative estimate of drug-likeness (QED) is 0.729. The van der Waals surface area contributed by atoms with E-state index in [0.717, 1.165) is 23.4 Å². The second-order valence-electron chi connectivity index (χ2n) is 4.98. The number of carbonyl (C=O) groups is 1. The van der Waals surface area contributed by atoms with Crippen LogP contribution in [0.15, 0.2) is 60.7 Å². The van der Waals surface area contributed by atoms with Crippen molar-refractivity contribution in [3.05, 3.63) is 66.2 Å². The number of aryl methyl sites for hydroxylation is 1. The molecule has 0 bridgehead atoms. The van der Waals surface area contributed by atoms with Gasteiger partial charge < -0.3 is 5.32 Å². The van der Waals surface area contributed by atoms with Gasteiger partial charge in [0.1, 0.15) is 0 Å². The average Bonchev–Trinajstić information content (AvgIpc) is 3.00. The second kappa shape index (κ2) is 6.26. The first kappa shape index (κ1) is 14.1. The third kappa shape index (κ3) is 2.76. The van der Waals surface area contributed by atoms with Crippen LogP contribution in [0.5, 0.6) is 0 Å². The number of aromatic nitrogens is 2. The lowest BCUT2D eigenvalue weighted by atomic mass is 10.1. The molecular weight excluding hydrogens is 274 g/mol. The summed E-state index contributed by atoms with van der Waals surface area (Å²) in [6, 6.07) is 20.1. The third-order valence-electron chi connectivity index (χ3n) is 3.55. The van der Waals surface area contributed by atoms with Crippen molar-refractivity contribution in [2.24, 2.45) is 0 Å². The highest BCUT2D eigenvalue weighted by Gasteiger charge is 2.11. The van der Waals surface area contributed by atoms with Crippen molar-refractivity contribution in [2.75, 3.05) is 5.32 Å². The molecule has 0 aliphatic heterocycles. The van der Waals surface area contributed by atoms with E-state index >= 15 is 0 Å². The molecule has 0 radical (unpaired) electrons. The Morgan fingerprint density at radius 1 is 1.09 bits per heavy atom. The molecule has 1 heterocycles. The summed E-state index contributed by atoms with van der Waals surface area (Å²) < 4.78 is 1.85. The first-order valence-corrected chi connectivity index (χ1v) is 7.27. The van der Waals surface area contributed by atoms with Gasteiger partial charge in [0.05, 0.1) is 11.4 Å². The first-order chi connectivity index (χ1) is 10.8. The number of anilines is 1. The molecule has 1 N–H and O–H groups in total. The van der Waals surface area contributed by atoms with Crippen LogP contribution in [-0.2, 0) is 11.2 Å². The van der Waals surface area contributed by atoms with Crippen LogP contribution in [0.25, 0.3) is 16.9 Å². The molecule has 4 heteroatoms. The summed E-state index contributed by atoms with van der Waals surface area (Å²) >= 11 is 0. The smallest absolute Gasteiger partial charge is 0.212 e. The molecule has 0 unspecified atom stereocenters. The zero-order valence-corrected chi connectivity index (χ0v) is 12.4. The number of rotatable bonds is 5. The lowest BCUT2D eigenvalue weighted by molar-refractivity contribution is -0.105. The van der Waals surface area contributed by atoms with E-state index in [2.05, 4.69) is 35.5 Å². The van der Waals surface area contributed by atoms with E-state index in [1.807, 2.05) is 47.1 Å². The fourth-order valence-electron chi connectivity index (χ4n) is 2.43. The summed E-state index contributed by atoms with van der Waals surface area (Å²) in [5.74, 6) is 0.538. The Hall–Kier alpha value is -2.88. The minimum absolute atomic E-state index is 0.538. The largest absolute Gasteiger partial charge is 0.312 e. The van der Waals surface area contributed by atoms with Crippen molar-refractivity contribution >= 4 is 12.2 Å². The molecule has 22 heavy (non-hydrogen) atoms. The van der Waals surface area contributed by atoms with Gasteiger partial charge in [-0.2, -0.15) is 0 Å². The lowest BCUT2D eigenvalue weighted by Gasteiger charge is -2.08. The maximum Gasteiger partial charge on any atom is 0.212 e. The van der Waals surface area contributed by atoms with E-state index in [9.17, 15) is 4.79 Å². The molecule has 0 aliphatic carbocycles. The van der Waals surface area contributed by atoms with E-state index in [1.165, 1.54) is 5.56 Å². The highest BCUT2D eigenvalue weighted by atomic mass is 16.1. The van der Waals surface area contributed by atoms with Crippen LogP contribution in [-0.4, -0.2) is 16.2 Å². The van der Waals surface area contributed by atoms with E-state index in [0.29, 0.717) is 12.2 Å². The molecule has 3 aromatic rings. The summed E-state index contributed by atoms with van der Waals surface area (Å²) in [6.07, 6.45) is 1.62. The summed E-state index contributed by atoms with van der Waals surface area (Å²) in [7, 11) is 0. The Morgan fingerprint density at radius 2 is 1.91 bits per heavy atom. The number of para-hydroxylation sites is 1. The molecule has 1 amide bonds. The van der Waals surface area contributed by atoms with Crippen molar-refractivity contribution in [3.8, 4) is 16.9 Å². The molecule has 4 nitrogen and oxygen atoms in total. The average molecular weight is 291 g/mol. The molecule has 0 saturated heterocycles. The predicted molar refractivity (Wildman–Crippen MR) is 88.1 cm³/mol. The Labute approximate surface area is 129 Å². The van der Waals surface area contributed by atoms with Crippen LogP contribution >= 0.6 is 0 Å². The van der Waals surface area contributed by atoms with Crippen LogP contribution < -0.4 is 5.32 Å². The van der Waals surface area contributed by atoms with Gasteiger partial charge in [-0.25, -0.2) is 4.68 Å². The monoisotopic (exact) mass is 291 g/mol. The predicted octanol–water partition coefficient (Wildman–Crippen LogP) is 3.67. The van der Waals surface area contributed by atoms with Crippen LogP contribution in [0.1, 0.15) is 12.5 Å². The van der Waals surface area contributed by atoms with Gasteiger partial charge in [0.15, 0.2) is 5.82 Å². The number of hydrogen-bond donors (Lipinski definition) is 1. The summed E-state index contributed by atoms with van der Waals surface area (Å²) in [6.45, 7) is 2.13. The van der Waals surface area contributed by atoms with Crippen molar-refractivity contribution in [3.63, 3.8) is 0 Å². The van der Waals surface area contributed by atoms with Crippen molar-refractivity contribution in [1.29, 1.82) is 0 Å². The number of hydrogen-bond acceptors (Lipinski definition) is 2. The molecule has 2 aromatic carbocycles. The molecule has 1 aromatic heterocycles. The molecule has 0 fully saturated rings. The van der Waals surface area contributed by atoms with Crippen LogP contribution in [0.4, 0.5) is 5.82 Å². The zero-order chi connectivity index (χ0) is 15.4. The molecule has 0 aliphatic rings. The minimum atomic E-state index is 0.538. The zero-order valence-electron chi connectivity index (χ0n) is 12.4. The van der Waals surface area contributed by atoms with Gasteiger partial charge in [-0.1, -0.05) is 43.3 Å². The van der Waals surface area contributed by atoms with Gasteiger partial charge >= 0.3 is 0 Å². The second-order valence-corrected chi connectivity index (χ2v) is 4.98. The SMILES string of the molecule is CCc1cccc(-c2cc(NC=O)nn2-c2ccccc2)c1. The molecule has 0 saturated carbocycles. The Balaban J connectivity index is 2.14. The molecule has 3 rings (SSSR count). The molecule has 110 valence electrons. The van der Waals surface area contributed by atoms with E-state index in [4.69, 9.17) is 0 Å². The fourth-order valence-corrected chi connectivity index (χ4v) is 2.43. The Morgan fingerprint density at radius 3 is 2.64 bits per heavy atom. The summed E-state index contributed by atoms with van der Waals surface area (Å²) in [5.41, 5.74) is 4.25. The van der Waals surface area contributed by atoms with Gasteiger partial charge in [0.2, 0.25) is 6.41 Å². The molecule has 0 spiro atoms. The van der Waals surface area contributed by atoms with Crippen molar-refractivity contribution in [1.82, 2.24) is 9.78 Å². The fraction of sp³-hybridized carbons (Fsp3) is 0.111. The van der Waals surface area contributed by atoms with E-state index in [-0.39, 0.29) is 0 Å². The third-order valence-corrected chi connectivity index (χ3v) is 3.55. The first-order valence-electron chi connectivity index (χ1n) is 7.27. The lowest BCUT2D eigenvalue weighted by Crippen LogP contribution is -2.00.